The molecule has 4 N–H and O–H groups in total. The van der Waals surface area contributed by atoms with Crippen molar-refractivity contribution in [2.24, 2.45) is 5.73 Å². The average Bonchev–Trinajstić information content (AvgIpc) is 2.47. The van der Waals surface area contributed by atoms with Crippen molar-refractivity contribution >= 4 is 46.6 Å². The molecule has 0 radical (unpaired) electrons. The zero-order valence-electron chi connectivity index (χ0n) is 12.1. The largest absolute Gasteiger partial charge is 0.326 e. The molecule has 0 aliphatic carbocycles. The first-order chi connectivity index (χ1) is 9.97. The van der Waals surface area contributed by atoms with Crippen molar-refractivity contribution < 1.29 is 9.59 Å². The summed E-state index contributed by atoms with van der Waals surface area (Å²) in [5, 5.41) is 5.80. The standard InChI is InChI=1S/C14H20ClN3O2S/c1-3-13(19)17-9-4-5-10(15)12(8-9)18-14(20)11(16)6-7-21-2/h4-5,8,11H,3,6-7,16H2,1-2H3,(H,17,19)(H,18,20)/t11-/m1/s1. The Morgan fingerprint density at radius 2 is 2.10 bits per heavy atom. The van der Waals surface area contributed by atoms with Crippen LogP contribution in [0.25, 0.3) is 0 Å². The van der Waals surface area contributed by atoms with Gasteiger partial charge in [0.15, 0.2) is 0 Å². The maximum Gasteiger partial charge on any atom is 0.241 e. The predicted octanol–water partition coefficient (Wildman–Crippen LogP) is 2.71. The number of hydrogen-bond donors (Lipinski definition) is 3. The molecular weight excluding hydrogens is 310 g/mol. The third-order valence-corrected chi connectivity index (χ3v) is 3.77. The average molecular weight is 330 g/mol. The van der Waals surface area contributed by atoms with E-state index in [1.165, 1.54) is 0 Å². The lowest BCUT2D eigenvalue weighted by Crippen LogP contribution is -2.36. The number of benzene rings is 1. The molecule has 0 saturated carbocycles. The van der Waals surface area contributed by atoms with Crippen LogP contribution in [-0.4, -0.2) is 29.9 Å². The van der Waals surface area contributed by atoms with E-state index in [4.69, 9.17) is 17.3 Å². The molecule has 2 amide bonds. The number of rotatable bonds is 7. The smallest absolute Gasteiger partial charge is 0.241 e. The second-order valence-corrected chi connectivity index (χ2v) is 5.87. The Labute approximate surface area is 134 Å². The molecule has 1 aromatic carbocycles. The molecule has 1 rings (SSSR count). The van der Waals surface area contributed by atoms with Crippen molar-refractivity contribution in [2.75, 3.05) is 22.6 Å². The zero-order chi connectivity index (χ0) is 15.8. The van der Waals surface area contributed by atoms with Gasteiger partial charge in [0.25, 0.3) is 0 Å². The number of halogens is 1. The lowest BCUT2D eigenvalue weighted by Gasteiger charge is -2.14. The van der Waals surface area contributed by atoms with Crippen molar-refractivity contribution in [3.63, 3.8) is 0 Å². The Kier molecular flexibility index (Phi) is 7.56. The highest BCUT2D eigenvalue weighted by Gasteiger charge is 2.15. The normalized spacial score (nSPS) is 11.8. The van der Waals surface area contributed by atoms with E-state index in [2.05, 4.69) is 10.6 Å². The van der Waals surface area contributed by atoms with E-state index in [1.807, 2.05) is 6.26 Å². The first-order valence-electron chi connectivity index (χ1n) is 6.62. The fraction of sp³-hybridized carbons (Fsp3) is 0.429. The predicted molar refractivity (Wildman–Crippen MR) is 90.0 cm³/mol. The fourth-order valence-corrected chi connectivity index (χ4v) is 2.20. The van der Waals surface area contributed by atoms with E-state index < -0.39 is 6.04 Å². The molecule has 0 heterocycles. The van der Waals surface area contributed by atoms with Gasteiger partial charge < -0.3 is 16.4 Å². The molecule has 0 aliphatic heterocycles. The van der Waals surface area contributed by atoms with Crippen LogP contribution in [0, 0.1) is 0 Å². The summed E-state index contributed by atoms with van der Waals surface area (Å²) in [5.74, 6) is 0.422. The van der Waals surface area contributed by atoms with Crippen LogP contribution in [0.1, 0.15) is 19.8 Å². The number of amides is 2. The summed E-state index contributed by atoms with van der Waals surface area (Å²) < 4.78 is 0. The van der Waals surface area contributed by atoms with Gasteiger partial charge in [0.1, 0.15) is 0 Å². The van der Waals surface area contributed by atoms with E-state index in [1.54, 1.807) is 36.9 Å². The van der Waals surface area contributed by atoms with Gasteiger partial charge in [-0.05, 0) is 36.6 Å². The van der Waals surface area contributed by atoms with Crippen LogP contribution in [0.4, 0.5) is 11.4 Å². The number of anilines is 2. The molecule has 7 heteroatoms. The van der Waals surface area contributed by atoms with Gasteiger partial charge >= 0.3 is 0 Å². The number of nitrogens with one attached hydrogen (secondary N) is 2. The molecule has 0 aliphatic rings. The van der Waals surface area contributed by atoms with Gasteiger partial charge in [0.05, 0.1) is 16.8 Å². The third-order valence-electron chi connectivity index (χ3n) is 2.80. The molecule has 21 heavy (non-hydrogen) atoms. The summed E-state index contributed by atoms with van der Waals surface area (Å²) in [4.78, 5) is 23.3. The summed E-state index contributed by atoms with van der Waals surface area (Å²) in [5.41, 5.74) is 6.83. The first-order valence-corrected chi connectivity index (χ1v) is 8.39. The Morgan fingerprint density at radius 3 is 2.71 bits per heavy atom. The molecule has 0 fully saturated rings. The Bertz CT molecular complexity index is 511. The number of hydrogen-bond acceptors (Lipinski definition) is 4. The molecule has 5 nitrogen and oxygen atoms in total. The second-order valence-electron chi connectivity index (χ2n) is 4.47. The Balaban J connectivity index is 2.75. The number of carbonyl (C=O) groups excluding carboxylic acids is 2. The van der Waals surface area contributed by atoms with Crippen LogP contribution < -0.4 is 16.4 Å². The van der Waals surface area contributed by atoms with Gasteiger partial charge in [-0.1, -0.05) is 18.5 Å². The SMILES string of the molecule is CCC(=O)Nc1ccc(Cl)c(NC(=O)[C@H](N)CCSC)c1. The maximum atomic E-state index is 12.0. The van der Waals surface area contributed by atoms with Crippen molar-refractivity contribution in [1.82, 2.24) is 0 Å². The lowest BCUT2D eigenvalue weighted by molar-refractivity contribution is -0.117. The number of carbonyl (C=O) groups is 2. The van der Waals surface area contributed by atoms with Crippen LogP contribution >= 0.6 is 23.4 Å². The summed E-state index contributed by atoms with van der Waals surface area (Å²) in [6, 6.07) is 4.34. The first kappa shape index (κ1) is 17.8. The van der Waals surface area contributed by atoms with E-state index >= 15 is 0 Å². The number of thioether (sulfide) groups is 1. The van der Waals surface area contributed by atoms with Crippen molar-refractivity contribution in [2.45, 2.75) is 25.8 Å². The van der Waals surface area contributed by atoms with Gasteiger partial charge in [0.2, 0.25) is 11.8 Å². The van der Waals surface area contributed by atoms with Crippen molar-refractivity contribution in [3.8, 4) is 0 Å². The molecule has 0 bridgehead atoms. The molecule has 0 saturated heterocycles. The molecule has 116 valence electrons. The molecule has 0 unspecified atom stereocenters. The topological polar surface area (TPSA) is 84.2 Å². The second kappa shape index (κ2) is 8.92. The van der Waals surface area contributed by atoms with Crippen LogP contribution in [0.5, 0.6) is 0 Å². The van der Waals surface area contributed by atoms with E-state index in [9.17, 15) is 9.59 Å². The van der Waals surface area contributed by atoms with Gasteiger partial charge in [-0.2, -0.15) is 11.8 Å². The monoisotopic (exact) mass is 329 g/mol. The summed E-state index contributed by atoms with van der Waals surface area (Å²) >= 11 is 7.68. The Hall–Kier alpha value is -1.24. The van der Waals surface area contributed by atoms with Crippen molar-refractivity contribution in [1.29, 1.82) is 0 Å². The van der Waals surface area contributed by atoms with Gasteiger partial charge in [-0.15, -0.1) is 0 Å². The fourth-order valence-electron chi connectivity index (χ4n) is 1.55. The minimum Gasteiger partial charge on any atom is -0.326 e. The van der Waals surface area contributed by atoms with Gasteiger partial charge in [-0.3, -0.25) is 9.59 Å². The van der Waals surface area contributed by atoms with E-state index in [-0.39, 0.29) is 11.8 Å². The Morgan fingerprint density at radius 1 is 1.38 bits per heavy atom. The van der Waals surface area contributed by atoms with Crippen LogP contribution in [-0.2, 0) is 9.59 Å². The molecule has 1 atom stereocenters. The minimum absolute atomic E-state index is 0.105. The zero-order valence-corrected chi connectivity index (χ0v) is 13.7. The lowest BCUT2D eigenvalue weighted by atomic mass is 10.2. The highest BCUT2D eigenvalue weighted by Crippen LogP contribution is 2.25. The molecule has 0 aromatic heterocycles. The highest BCUT2D eigenvalue weighted by atomic mass is 35.5. The summed E-state index contributed by atoms with van der Waals surface area (Å²) in [6.45, 7) is 1.76. The van der Waals surface area contributed by atoms with E-state index in [0.29, 0.717) is 29.2 Å². The van der Waals surface area contributed by atoms with Gasteiger partial charge in [-0.25, -0.2) is 0 Å². The minimum atomic E-state index is -0.581. The van der Waals surface area contributed by atoms with Crippen LogP contribution in [0.2, 0.25) is 5.02 Å². The molecule has 0 spiro atoms. The number of nitrogens with two attached hydrogens (primary N) is 1. The highest BCUT2D eigenvalue weighted by molar-refractivity contribution is 7.98. The maximum absolute atomic E-state index is 12.0. The van der Waals surface area contributed by atoms with Gasteiger partial charge in [0, 0.05) is 12.1 Å². The quantitative estimate of drug-likeness (QED) is 0.718. The van der Waals surface area contributed by atoms with Crippen LogP contribution in [0.15, 0.2) is 18.2 Å². The third kappa shape index (κ3) is 5.95. The van der Waals surface area contributed by atoms with Crippen molar-refractivity contribution in [3.05, 3.63) is 23.2 Å². The van der Waals surface area contributed by atoms with Crippen LogP contribution in [0.3, 0.4) is 0 Å². The summed E-state index contributed by atoms with van der Waals surface area (Å²) in [7, 11) is 0. The van der Waals surface area contributed by atoms with E-state index in [0.717, 1.165) is 5.75 Å². The summed E-state index contributed by atoms with van der Waals surface area (Å²) in [6.07, 6.45) is 2.93. The molecular formula is C14H20ClN3O2S. The molecule has 1 aromatic rings.